The Kier molecular flexibility index (Phi) is 5.00. The van der Waals surface area contributed by atoms with Gasteiger partial charge in [-0.2, -0.15) is 4.98 Å². The van der Waals surface area contributed by atoms with Crippen molar-refractivity contribution in [2.45, 2.75) is 52.0 Å². The first-order chi connectivity index (χ1) is 9.20. The number of hydrogen-bond acceptors (Lipinski definition) is 4. The Balaban J connectivity index is 1.99. The SMILES string of the molecule is CCCNc1nccc(N(C)C2CCC(C)CC2)n1. The fourth-order valence-corrected chi connectivity index (χ4v) is 2.68. The molecule has 1 aliphatic rings. The van der Waals surface area contributed by atoms with Gasteiger partial charge in [0.1, 0.15) is 5.82 Å². The second-order valence-corrected chi connectivity index (χ2v) is 5.69. The molecule has 1 saturated carbocycles. The third-order valence-corrected chi connectivity index (χ3v) is 4.07. The van der Waals surface area contributed by atoms with Gasteiger partial charge in [-0.3, -0.25) is 0 Å². The van der Waals surface area contributed by atoms with E-state index in [2.05, 4.69) is 41.1 Å². The van der Waals surface area contributed by atoms with Gasteiger partial charge in [-0.25, -0.2) is 4.98 Å². The molecule has 1 N–H and O–H groups in total. The molecule has 0 aliphatic heterocycles. The van der Waals surface area contributed by atoms with Crippen molar-refractivity contribution >= 4 is 11.8 Å². The second kappa shape index (κ2) is 6.73. The van der Waals surface area contributed by atoms with Gasteiger partial charge in [0.2, 0.25) is 5.95 Å². The zero-order valence-corrected chi connectivity index (χ0v) is 12.4. The summed E-state index contributed by atoms with van der Waals surface area (Å²) in [5, 5.41) is 3.25. The van der Waals surface area contributed by atoms with E-state index < -0.39 is 0 Å². The van der Waals surface area contributed by atoms with Crippen LogP contribution in [0, 0.1) is 5.92 Å². The first-order valence-corrected chi connectivity index (χ1v) is 7.50. The molecule has 106 valence electrons. The van der Waals surface area contributed by atoms with E-state index in [1.807, 2.05) is 12.3 Å². The van der Waals surface area contributed by atoms with E-state index in [4.69, 9.17) is 0 Å². The Hall–Kier alpha value is -1.32. The Morgan fingerprint density at radius 3 is 2.74 bits per heavy atom. The van der Waals surface area contributed by atoms with Gasteiger partial charge in [-0.05, 0) is 44.1 Å². The van der Waals surface area contributed by atoms with E-state index in [1.54, 1.807) is 0 Å². The van der Waals surface area contributed by atoms with E-state index in [0.29, 0.717) is 6.04 Å². The third kappa shape index (κ3) is 3.82. The number of rotatable bonds is 5. The topological polar surface area (TPSA) is 41.1 Å². The fourth-order valence-electron chi connectivity index (χ4n) is 2.68. The highest BCUT2D eigenvalue weighted by Gasteiger charge is 2.22. The van der Waals surface area contributed by atoms with E-state index in [-0.39, 0.29) is 0 Å². The molecule has 0 unspecified atom stereocenters. The first-order valence-electron chi connectivity index (χ1n) is 7.50. The van der Waals surface area contributed by atoms with Gasteiger partial charge in [0.15, 0.2) is 0 Å². The zero-order valence-electron chi connectivity index (χ0n) is 12.4. The molecular formula is C15H26N4. The van der Waals surface area contributed by atoms with Crippen LogP contribution in [-0.4, -0.2) is 29.6 Å². The molecule has 0 atom stereocenters. The summed E-state index contributed by atoms with van der Waals surface area (Å²) in [5.74, 6) is 2.67. The summed E-state index contributed by atoms with van der Waals surface area (Å²) in [5.41, 5.74) is 0. The van der Waals surface area contributed by atoms with Gasteiger partial charge in [0.25, 0.3) is 0 Å². The lowest BCUT2D eigenvalue weighted by atomic mass is 9.87. The molecule has 0 saturated heterocycles. The zero-order chi connectivity index (χ0) is 13.7. The van der Waals surface area contributed by atoms with E-state index >= 15 is 0 Å². The third-order valence-electron chi connectivity index (χ3n) is 4.07. The van der Waals surface area contributed by atoms with Crippen molar-refractivity contribution in [1.82, 2.24) is 9.97 Å². The summed E-state index contributed by atoms with van der Waals surface area (Å²) in [6.45, 7) is 5.42. The van der Waals surface area contributed by atoms with Crippen LogP contribution in [0.2, 0.25) is 0 Å². The van der Waals surface area contributed by atoms with Crippen molar-refractivity contribution in [3.8, 4) is 0 Å². The van der Waals surface area contributed by atoms with Crippen LogP contribution in [0.15, 0.2) is 12.3 Å². The molecular weight excluding hydrogens is 236 g/mol. The standard InChI is InChI=1S/C15H26N4/c1-4-10-16-15-17-11-9-14(18-15)19(3)13-7-5-12(2)6-8-13/h9,11-13H,4-8,10H2,1-3H3,(H,16,17,18). The Morgan fingerprint density at radius 1 is 1.32 bits per heavy atom. The van der Waals surface area contributed by atoms with Crippen molar-refractivity contribution in [3.05, 3.63) is 12.3 Å². The summed E-state index contributed by atoms with van der Waals surface area (Å²) >= 11 is 0. The van der Waals surface area contributed by atoms with Crippen LogP contribution in [0.4, 0.5) is 11.8 Å². The van der Waals surface area contributed by atoms with Crippen LogP contribution in [0.1, 0.15) is 46.0 Å². The van der Waals surface area contributed by atoms with Crippen LogP contribution >= 0.6 is 0 Å². The predicted octanol–water partition coefficient (Wildman–Crippen LogP) is 3.31. The number of hydrogen-bond donors (Lipinski definition) is 1. The highest BCUT2D eigenvalue weighted by Crippen LogP contribution is 2.28. The van der Waals surface area contributed by atoms with Gasteiger partial charge in [0.05, 0.1) is 0 Å². The fraction of sp³-hybridized carbons (Fsp3) is 0.733. The summed E-state index contributed by atoms with van der Waals surface area (Å²) in [7, 11) is 2.16. The monoisotopic (exact) mass is 262 g/mol. The minimum absolute atomic E-state index is 0.630. The molecule has 1 heterocycles. The highest BCUT2D eigenvalue weighted by molar-refractivity contribution is 5.42. The largest absolute Gasteiger partial charge is 0.357 e. The van der Waals surface area contributed by atoms with Gasteiger partial charge in [-0.15, -0.1) is 0 Å². The maximum Gasteiger partial charge on any atom is 0.224 e. The lowest BCUT2D eigenvalue weighted by molar-refractivity contribution is 0.340. The maximum absolute atomic E-state index is 4.61. The van der Waals surface area contributed by atoms with Crippen LogP contribution < -0.4 is 10.2 Å². The molecule has 1 aromatic rings. The minimum Gasteiger partial charge on any atom is -0.357 e. The molecule has 1 aliphatic carbocycles. The van der Waals surface area contributed by atoms with Crippen LogP contribution in [0.25, 0.3) is 0 Å². The summed E-state index contributed by atoms with van der Waals surface area (Å²) < 4.78 is 0. The van der Waals surface area contributed by atoms with Crippen LogP contribution in [0.3, 0.4) is 0 Å². The molecule has 0 aromatic carbocycles. The highest BCUT2D eigenvalue weighted by atomic mass is 15.2. The van der Waals surface area contributed by atoms with Gasteiger partial charge < -0.3 is 10.2 Å². The van der Waals surface area contributed by atoms with E-state index in [1.165, 1.54) is 25.7 Å². The van der Waals surface area contributed by atoms with E-state index in [9.17, 15) is 0 Å². The average Bonchev–Trinajstić information content (AvgIpc) is 2.45. The van der Waals surface area contributed by atoms with Crippen LogP contribution in [-0.2, 0) is 0 Å². The van der Waals surface area contributed by atoms with Crippen LogP contribution in [0.5, 0.6) is 0 Å². The van der Waals surface area contributed by atoms with Gasteiger partial charge in [0, 0.05) is 25.8 Å². The molecule has 0 amide bonds. The quantitative estimate of drug-likeness (QED) is 0.884. The lowest BCUT2D eigenvalue weighted by Gasteiger charge is -2.34. The van der Waals surface area contributed by atoms with Crippen molar-refractivity contribution in [3.63, 3.8) is 0 Å². The molecule has 4 heteroatoms. The minimum atomic E-state index is 0.630. The Morgan fingerprint density at radius 2 is 2.05 bits per heavy atom. The summed E-state index contributed by atoms with van der Waals surface area (Å²) in [4.78, 5) is 11.2. The van der Waals surface area contributed by atoms with Gasteiger partial charge >= 0.3 is 0 Å². The maximum atomic E-state index is 4.61. The molecule has 19 heavy (non-hydrogen) atoms. The molecule has 4 nitrogen and oxygen atoms in total. The second-order valence-electron chi connectivity index (χ2n) is 5.69. The molecule has 0 spiro atoms. The Labute approximate surface area is 116 Å². The average molecular weight is 262 g/mol. The molecule has 0 radical (unpaired) electrons. The first kappa shape index (κ1) is 14.1. The number of nitrogens with zero attached hydrogens (tertiary/aromatic N) is 3. The summed E-state index contributed by atoms with van der Waals surface area (Å²) in [6.07, 6.45) is 8.16. The number of anilines is 2. The van der Waals surface area contributed by atoms with Gasteiger partial charge in [-0.1, -0.05) is 13.8 Å². The number of nitrogens with one attached hydrogen (secondary N) is 1. The predicted molar refractivity (Wildman–Crippen MR) is 80.6 cm³/mol. The van der Waals surface area contributed by atoms with Crippen molar-refractivity contribution < 1.29 is 0 Å². The van der Waals surface area contributed by atoms with E-state index in [0.717, 1.165) is 30.6 Å². The lowest BCUT2D eigenvalue weighted by Crippen LogP contribution is -2.35. The van der Waals surface area contributed by atoms with Crippen molar-refractivity contribution in [2.24, 2.45) is 5.92 Å². The molecule has 0 bridgehead atoms. The van der Waals surface area contributed by atoms with Crippen molar-refractivity contribution in [2.75, 3.05) is 23.8 Å². The molecule has 2 rings (SSSR count). The normalized spacial score (nSPS) is 23.1. The Bertz CT molecular complexity index is 385. The number of aromatic nitrogens is 2. The molecule has 1 fully saturated rings. The summed E-state index contributed by atoms with van der Waals surface area (Å²) in [6, 6.07) is 2.64. The smallest absolute Gasteiger partial charge is 0.224 e. The molecule has 1 aromatic heterocycles. The van der Waals surface area contributed by atoms with Crippen molar-refractivity contribution in [1.29, 1.82) is 0 Å².